The summed E-state index contributed by atoms with van der Waals surface area (Å²) in [4.78, 5) is 14.7. The van der Waals surface area contributed by atoms with Gasteiger partial charge in [-0.05, 0) is 28.9 Å². The Morgan fingerprint density at radius 1 is 1.30 bits per heavy atom. The average molecular weight is 273 g/mol. The van der Waals surface area contributed by atoms with E-state index in [0.29, 0.717) is 11.8 Å². The first-order chi connectivity index (χ1) is 9.30. The highest BCUT2D eigenvalue weighted by atomic mass is 16.6. The van der Waals surface area contributed by atoms with Gasteiger partial charge in [0.25, 0.3) is 5.69 Å². The third-order valence-corrected chi connectivity index (χ3v) is 3.63. The molecule has 0 saturated heterocycles. The largest absolute Gasteiger partial charge is 0.327 e. The van der Waals surface area contributed by atoms with E-state index in [-0.39, 0.29) is 22.1 Å². The van der Waals surface area contributed by atoms with Gasteiger partial charge in [-0.3, -0.25) is 15.1 Å². The molecule has 2 aromatic rings. The molecule has 1 aromatic heterocycles. The Balaban J connectivity index is 2.51. The Hall–Kier alpha value is -2.01. The molecule has 5 nitrogen and oxygen atoms in total. The summed E-state index contributed by atoms with van der Waals surface area (Å²) < 4.78 is 0. The van der Waals surface area contributed by atoms with Crippen LogP contribution in [0.15, 0.2) is 30.6 Å². The number of hydrogen-bond donors (Lipinski definition) is 1. The van der Waals surface area contributed by atoms with Crippen LogP contribution in [-0.2, 0) is 6.42 Å². The molecule has 0 aliphatic carbocycles. The number of hydrogen-bond acceptors (Lipinski definition) is 4. The van der Waals surface area contributed by atoms with Crippen molar-refractivity contribution < 1.29 is 4.92 Å². The number of rotatable bonds is 3. The predicted octanol–water partition coefficient (Wildman–Crippen LogP) is 3.06. The first-order valence-corrected chi connectivity index (χ1v) is 6.56. The maximum atomic E-state index is 11.1. The van der Waals surface area contributed by atoms with Gasteiger partial charge in [-0.25, -0.2) is 0 Å². The first kappa shape index (κ1) is 14.4. The standard InChI is InChI=1S/C15H19N3O2/c1-15(2,3)14(16)8-10-4-5-13(18(19)20)12-9-17-7-6-11(10)12/h4-7,9,14H,8,16H2,1-3H3. The van der Waals surface area contributed by atoms with Crippen molar-refractivity contribution in [1.82, 2.24) is 4.98 Å². The van der Waals surface area contributed by atoms with Crippen LogP contribution in [0.5, 0.6) is 0 Å². The van der Waals surface area contributed by atoms with E-state index in [1.807, 2.05) is 6.07 Å². The Kier molecular flexibility index (Phi) is 3.72. The molecule has 5 heteroatoms. The van der Waals surface area contributed by atoms with E-state index in [9.17, 15) is 10.1 Å². The normalized spacial score (nSPS) is 13.4. The molecule has 0 spiro atoms. The van der Waals surface area contributed by atoms with Gasteiger partial charge in [0, 0.05) is 24.5 Å². The van der Waals surface area contributed by atoms with E-state index in [1.165, 1.54) is 6.07 Å². The molecule has 1 heterocycles. The number of nitro groups is 1. The van der Waals surface area contributed by atoms with E-state index < -0.39 is 0 Å². The summed E-state index contributed by atoms with van der Waals surface area (Å²) in [5.41, 5.74) is 7.32. The van der Waals surface area contributed by atoms with Crippen molar-refractivity contribution in [1.29, 1.82) is 0 Å². The molecular weight excluding hydrogens is 254 g/mol. The maximum absolute atomic E-state index is 11.1. The highest BCUT2D eigenvalue weighted by Gasteiger charge is 2.22. The van der Waals surface area contributed by atoms with Crippen molar-refractivity contribution in [2.24, 2.45) is 11.1 Å². The fourth-order valence-corrected chi connectivity index (χ4v) is 2.12. The lowest BCUT2D eigenvalue weighted by Gasteiger charge is -2.27. The van der Waals surface area contributed by atoms with Crippen LogP contribution in [0.3, 0.4) is 0 Å². The van der Waals surface area contributed by atoms with E-state index >= 15 is 0 Å². The van der Waals surface area contributed by atoms with Gasteiger partial charge >= 0.3 is 0 Å². The molecule has 1 unspecified atom stereocenters. The van der Waals surface area contributed by atoms with E-state index in [1.54, 1.807) is 18.5 Å². The molecule has 0 fully saturated rings. The second kappa shape index (κ2) is 5.17. The highest BCUT2D eigenvalue weighted by Crippen LogP contribution is 2.30. The van der Waals surface area contributed by atoms with Crippen LogP contribution in [0.4, 0.5) is 5.69 Å². The number of pyridine rings is 1. The van der Waals surface area contributed by atoms with Gasteiger partial charge in [0.05, 0.1) is 10.3 Å². The van der Waals surface area contributed by atoms with Crippen molar-refractivity contribution in [3.63, 3.8) is 0 Å². The van der Waals surface area contributed by atoms with Crippen molar-refractivity contribution in [3.8, 4) is 0 Å². The summed E-state index contributed by atoms with van der Waals surface area (Å²) in [6.07, 6.45) is 3.87. The molecular formula is C15H19N3O2. The van der Waals surface area contributed by atoms with Crippen LogP contribution < -0.4 is 5.73 Å². The van der Waals surface area contributed by atoms with E-state index in [4.69, 9.17) is 5.73 Å². The van der Waals surface area contributed by atoms with Gasteiger partial charge in [-0.1, -0.05) is 26.8 Å². The molecule has 1 aromatic carbocycles. The summed E-state index contributed by atoms with van der Waals surface area (Å²) in [5, 5.41) is 12.5. The molecule has 0 radical (unpaired) electrons. The van der Waals surface area contributed by atoms with Crippen LogP contribution in [0.25, 0.3) is 10.8 Å². The van der Waals surface area contributed by atoms with Crippen molar-refractivity contribution in [2.75, 3.05) is 0 Å². The minimum absolute atomic E-state index is 0.0128. The molecule has 0 saturated carbocycles. The van der Waals surface area contributed by atoms with Crippen LogP contribution in [0, 0.1) is 15.5 Å². The van der Waals surface area contributed by atoms with Gasteiger partial charge in [-0.2, -0.15) is 0 Å². The molecule has 2 N–H and O–H groups in total. The fourth-order valence-electron chi connectivity index (χ4n) is 2.12. The van der Waals surface area contributed by atoms with E-state index in [0.717, 1.165) is 10.9 Å². The van der Waals surface area contributed by atoms with Crippen LogP contribution in [-0.4, -0.2) is 15.9 Å². The Bertz CT molecular complexity index is 647. The zero-order chi connectivity index (χ0) is 14.9. The number of fused-ring (bicyclic) bond motifs is 1. The fraction of sp³-hybridized carbons (Fsp3) is 0.400. The highest BCUT2D eigenvalue weighted by molar-refractivity contribution is 5.92. The number of benzene rings is 1. The summed E-state index contributed by atoms with van der Waals surface area (Å²) in [6.45, 7) is 6.27. The zero-order valence-corrected chi connectivity index (χ0v) is 12.0. The Morgan fingerprint density at radius 2 is 2.00 bits per heavy atom. The van der Waals surface area contributed by atoms with Crippen LogP contribution in [0.1, 0.15) is 26.3 Å². The minimum atomic E-state index is -0.377. The molecule has 0 bridgehead atoms. The summed E-state index contributed by atoms with van der Waals surface area (Å²) in [7, 11) is 0. The van der Waals surface area contributed by atoms with Crippen LogP contribution >= 0.6 is 0 Å². The van der Waals surface area contributed by atoms with Crippen molar-refractivity contribution in [3.05, 3.63) is 46.3 Å². The number of nitro benzene ring substituents is 1. The van der Waals surface area contributed by atoms with Gasteiger partial charge < -0.3 is 5.73 Å². The molecule has 0 aliphatic heterocycles. The lowest BCUT2D eigenvalue weighted by atomic mass is 9.83. The number of nitrogens with two attached hydrogens (primary N) is 1. The lowest BCUT2D eigenvalue weighted by Crippen LogP contribution is -2.36. The topological polar surface area (TPSA) is 82.0 Å². The summed E-state index contributed by atoms with van der Waals surface area (Å²) in [5.74, 6) is 0. The van der Waals surface area contributed by atoms with Gasteiger partial charge in [0.15, 0.2) is 0 Å². The average Bonchev–Trinajstić information content (AvgIpc) is 2.37. The molecule has 2 rings (SSSR count). The SMILES string of the molecule is CC(C)(C)C(N)Cc1ccc([N+](=O)[O-])c2cnccc12. The smallest absolute Gasteiger partial charge is 0.278 e. The Morgan fingerprint density at radius 3 is 2.60 bits per heavy atom. The monoisotopic (exact) mass is 273 g/mol. The summed E-state index contributed by atoms with van der Waals surface area (Å²) in [6, 6.07) is 5.13. The quantitative estimate of drug-likeness (QED) is 0.688. The van der Waals surface area contributed by atoms with Crippen molar-refractivity contribution in [2.45, 2.75) is 33.2 Å². The van der Waals surface area contributed by atoms with Crippen LogP contribution in [0.2, 0.25) is 0 Å². The van der Waals surface area contributed by atoms with Gasteiger partial charge in [-0.15, -0.1) is 0 Å². The van der Waals surface area contributed by atoms with Gasteiger partial charge in [0.2, 0.25) is 0 Å². The third kappa shape index (κ3) is 2.77. The number of non-ortho nitro benzene ring substituents is 1. The second-order valence-corrected chi connectivity index (χ2v) is 6.10. The minimum Gasteiger partial charge on any atom is -0.327 e. The molecule has 0 amide bonds. The molecule has 20 heavy (non-hydrogen) atoms. The van der Waals surface area contributed by atoms with Crippen molar-refractivity contribution >= 4 is 16.5 Å². The third-order valence-electron chi connectivity index (χ3n) is 3.63. The zero-order valence-electron chi connectivity index (χ0n) is 12.0. The maximum Gasteiger partial charge on any atom is 0.278 e. The molecule has 106 valence electrons. The van der Waals surface area contributed by atoms with E-state index in [2.05, 4.69) is 25.8 Å². The second-order valence-electron chi connectivity index (χ2n) is 6.10. The number of nitrogens with zero attached hydrogens (tertiary/aromatic N) is 2. The molecule has 0 aliphatic rings. The lowest BCUT2D eigenvalue weighted by molar-refractivity contribution is -0.383. The molecule has 1 atom stereocenters. The first-order valence-electron chi connectivity index (χ1n) is 6.56. The van der Waals surface area contributed by atoms with Gasteiger partial charge in [0.1, 0.15) is 0 Å². The Labute approximate surface area is 118 Å². The summed E-state index contributed by atoms with van der Waals surface area (Å²) >= 11 is 0. The number of aromatic nitrogens is 1. The predicted molar refractivity (Wildman–Crippen MR) is 79.5 cm³/mol.